The summed E-state index contributed by atoms with van der Waals surface area (Å²) in [6, 6.07) is 0. The molecule has 0 spiro atoms. The van der Waals surface area contributed by atoms with Crippen molar-refractivity contribution in [3.05, 3.63) is 11.6 Å². The fraction of sp³-hybridized carbons (Fsp3) is 0.667. The molecule has 2 heteroatoms. The lowest BCUT2D eigenvalue weighted by molar-refractivity contribution is -0.105. The van der Waals surface area contributed by atoms with Gasteiger partial charge in [0, 0.05) is 7.11 Å². The van der Waals surface area contributed by atoms with Gasteiger partial charge >= 0.3 is 0 Å². The second kappa shape index (κ2) is 6.10. The van der Waals surface area contributed by atoms with Crippen LogP contribution in [0.1, 0.15) is 20.3 Å². The van der Waals surface area contributed by atoms with Crippen LogP contribution in [0.3, 0.4) is 0 Å². The molecule has 0 bridgehead atoms. The van der Waals surface area contributed by atoms with Crippen molar-refractivity contribution in [2.24, 2.45) is 5.92 Å². The molecule has 1 unspecified atom stereocenters. The Labute approximate surface area is 68.2 Å². The van der Waals surface area contributed by atoms with Crippen LogP contribution < -0.4 is 0 Å². The van der Waals surface area contributed by atoms with Gasteiger partial charge in [-0.2, -0.15) is 0 Å². The molecule has 0 aromatic rings. The van der Waals surface area contributed by atoms with E-state index in [9.17, 15) is 4.79 Å². The molecule has 0 heterocycles. The molecule has 0 aliphatic rings. The number of carbonyl (C=O) groups excluding carboxylic acids is 1. The van der Waals surface area contributed by atoms with Crippen molar-refractivity contribution in [2.45, 2.75) is 20.3 Å². The van der Waals surface area contributed by atoms with Gasteiger partial charge in [-0.25, -0.2) is 0 Å². The van der Waals surface area contributed by atoms with Crippen LogP contribution in [0, 0.1) is 5.92 Å². The molecule has 64 valence electrons. The first-order valence-electron chi connectivity index (χ1n) is 3.89. The molecule has 0 radical (unpaired) electrons. The maximum absolute atomic E-state index is 10.4. The predicted molar refractivity (Wildman–Crippen MR) is 45.5 cm³/mol. The quantitative estimate of drug-likeness (QED) is 0.448. The molecule has 0 aliphatic heterocycles. The minimum Gasteiger partial charge on any atom is -0.384 e. The van der Waals surface area contributed by atoms with Gasteiger partial charge in [-0.1, -0.05) is 19.9 Å². The number of rotatable bonds is 5. The molecule has 0 saturated heterocycles. The Morgan fingerprint density at radius 2 is 2.27 bits per heavy atom. The third-order valence-electron chi connectivity index (χ3n) is 1.49. The van der Waals surface area contributed by atoms with Crippen LogP contribution in [0.4, 0.5) is 0 Å². The van der Waals surface area contributed by atoms with Gasteiger partial charge in [0.1, 0.15) is 6.29 Å². The summed E-state index contributed by atoms with van der Waals surface area (Å²) in [6.07, 6.45) is 3.67. The van der Waals surface area contributed by atoms with E-state index in [0.717, 1.165) is 18.3 Å². The highest BCUT2D eigenvalue weighted by atomic mass is 16.5. The normalized spacial score (nSPS) is 14.6. The van der Waals surface area contributed by atoms with E-state index in [0.29, 0.717) is 12.5 Å². The largest absolute Gasteiger partial charge is 0.384 e. The summed E-state index contributed by atoms with van der Waals surface area (Å²) in [4.78, 5) is 10.4. The molecule has 0 amide bonds. The Hall–Kier alpha value is -0.630. The van der Waals surface area contributed by atoms with Crippen molar-refractivity contribution in [1.29, 1.82) is 0 Å². The number of aldehydes is 1. The van der Waals surface area contributed by atoms with E-state index in [1.54, 1.807) is 7.11 Å². The van der Waals surface area contributed by atoms with E-state index in [4.69, 9.17) is 4.74 Å². The highest BCUT2D eigenvalue weighted by Crippen LogP contribution is 2.04. The van der Waals surface area contributed by atoms with Gasteiger partial charge in [0.05, 0.1) is 6.61 Å². The van der Waals surface area contributed by atoms with Crippen molar-refractivity contribution >= 4 is 6.29 Å². The number of methoxy groups -OCH3 is 1. The number of hydrogen-bond acceptors (Lipinski definition) is 2. The summed E-state index contributed by atoms with van der Waals surface area (Å²) in [5, 5.41) is 0. The standard InChI is InChI=1S/C9H16O2/c1-4-9(6-10)5-8(2)7-11-3/h5-6,8H,4,7H2,1-3H3. The zero-order valence-electron chi connectivity index (χ0n) is 7.46. The summed E-state index contributed by atoms with van der Waals surface area (Å²) in [7, 11) is 1.66. The van der Waals surface area contributed by atoms with E-state index in [1.807, 2.05) is 19.9 Å². The minimum atomic E-state index is 0.333. The van der Waals surface area contributed by atoms with Crippen molar-refractivity contribution in [1.82, 2.24) is 0 Å². The first kappa shape index (κ1) is 10.4. The Morgan fingerprint density at radius 1 is 1.64 bits per heavy atom. The first-order valence-corrected chi connectivity index (χ1v) is 3.89. The number of allylic oxidation sites excluding steroid dienone is 1. The van der Waals surface area contributed by atoms with E-state index >= 15 is 0 Å². The third-order valence-corrected chi connectivity index (χ3v) is 1.49. The number of ether oxygens (including phenoxy) is 1. The highest BCUT2D eigenvalue weighted by Gasteiger charge is 1.98. The lowest BCUT2D eigenvalue weighted by Crippen LogP contribution is -2.01. The van der Waals surface area contributed by atoms with Crippen molar-refractivity contribution < 1.29 is 9.53 Å². The Morgan fingerprint density at radius 3 is 2.64 bits per heavy atom. The molecule has 0 aromatic heterocycles. The molecule has 1 atom stereocenters. The molecule has 0 aromatic carbocycles. The van der Waals surface area contributed by atoms with Crippen LogP contribution in [0.25, 0.3) is 0 Å². The monoisotopic (exact) mass is 156 g/mol. The van der Waals surface area contributed by atoms with Gasteiger partial charge in [0.15, 0.2) is 0 Å². The summed E-state index contributed by atoms with van der Waals surface area (Å²) in [6.45, 7) is 4.68. The fourth-order valence-corrected chi connectivity index (χ4v) is 0.917. The average Bonchev–Trinajstić information content (AvgIpc) is 2.01. The van der Waals surface area contributed by atoms with E-state index in [1.165, 1.54) is 0 Å². The summed E-state index contributed by atoms with van der Waals surface area (Å²) in [5.74, 6) is 0.333. The maximum Gasteiger partial charge on any atom is 0.145 e. The Bertz CT molecular complexity index is 138. The van der Waals surface area contributed by atoms with Gasteiger partial charge in [0.2, 0.25) is 0 Å². The average molecular weight is 156 g/mol. The minimum absolute atomic E-state index is 0.333. The summed E-state index contributed by atoms with van der Waals surface area (Å²) in [5.41, 5.74) is 0.856. The number of carbonyl (C=O) groups is 1. The Balaban J connectivity index is 3.91. The molecule has 0 fully saturated rings. The Kier molecular flexibility index (Phi) is 5.75. The van der Waals surface area contributed by atoms with Crippen molar-refractivity contribution in [3.63, 3.8) is 0 Å². The van der Waals surface area contributed by atoms with Crippen molar-refractivity contribution in [3.8, 4) is 0 Å². The molecule has 0 aliphatic carbocycles. The van der Waals surface area contributed by atoms with Crippen LogP contribution >= 0.6 is 0 Å². The summed E-state index contributed by atoms with van der Waals surface area (Å²) < 4.78 is 4.93. The predicted octanol–water partition coefficient (Wildman–Crippen LogP) is 1.80. The van der Waals surface area contributed by atoms with Gasteiger partial charge < -0.3 is 4.74 Å². The lowest BCUT2D eigenvalue weighted by Gasteiger charge is -2.04. The molecular weight excluding hydrogens is 140 g/mol. The molecule has 0 saturated carbocycles. The zero-order valence-corrected chi connectivity index (χ0v) is 7.46. The van der Waals surface area contributed by atoms with Gasteiger partial charge in [0.25, 0.3) is 0 Å². The van der Waals surface area contributed by atoms with E-state index in [-0.39, 0.29) is 0 Å². The van der Waals surface area contributed by atoms with Crippen molar-refractivity contribution in [2.75, 3.05) is 13.7 Å². The number of hydrogen-bond donors (Lipinski definition) is 0. The van der Waals surface area contributed by atoms with Crippen LogP contribution in [0.15, 0.2) is 11.6 Å². The van der Waals surface area contributed by atoms with Crippen LogP contribution in [0.5, 0.6) is 0 Å². The second-order valence-corrected chi connectivity index (χ2v) is 2.65. The topological polar surface area (TPSA) is 26.3 Å². The highest BCUT2D eigenvalue weighted by molar-refractivity contribution is 5.72. The summed E-state index contributed by atoms with van der Waals surface area (Å²) >= 11 is 0. The fourth-order valence-electron chi connectivity index (χ4n) is 0.917. The third kappa shape index (κ3) is 4.73. The van der Waals surface area contributed by atoms with Crippen LogP contribution in [-0.4, -0.2) is 20.0 Å². The van der Waals surface area contributed by atoms with E-state index < -0.39 is 0 Å². The lowest BCUT2D eigenvalue weighted by atomic mass is 10.1. The van der Waals surface area contributed by atoms with Gasteiger partial charge in [-0.05, 0) is 17.9 Å². The van der Waals surface area contributed by atoms with Crippen LogP contribution in [0.2, 0.25) is 0 Å². The second-order valence-electron chi connectivity index (χ2n) is 2.65. The first-order chi connectivity index (χ1) is 5.24. The molecular formula is C9H16O2. The molecule has 2 nitrogen and oxygen atoms in total. The smallest absolute Gasteiger partial charge is 0.145 e. The van der Waals surface area contributed by atoms with Gasteiger partial charge in [-0.15, -0.1) is 0 Å². The van der Waals surface area contributed by atoms with Gasteiger partial charge in [-0.3, -0.25) is 4.79 Å². The zero-order chi connectivity index (χ0) is 8.69. The maximum atomic E-state index is 10.4. The van der Waals surface area contributed by atoms with Crippen LogP contribution in [-0.2, 0) is 9.53 Å². The molecule has 11 heavy (non-hydrogen) atoms. The molecule has 0 N–H and O–H groups in total. The SMILES string of the molecule is CCC(C=O)=CC(C)COC. The molecule has 0 rings (SSSR count). The van der Waals surface area contributed by atoms with E-state index in [2.05, 4.69) is 0 Å².